The first-order valence-corrected chi connectivity index (χ1v) is 8.05. The van der Waals surface area contributed by atoms with Crippen molar-refractivity contribution in [2.75, 3.05) is 5.73 Å². The van der Waals surface area contributed by atoms with E-state index in [1.807, 2.05) is 13.8 Å². The lowest BCUT2D eigenvalue weighted by atomic mass is 9.94. The number of anilines is 1. The van der Waals surface area contributed by atoms with Crippen LogP contribution in [-0.2, 0) is 0 Å². The van der Waals surface area contributed by atoms with Crippen LogP contribution in [0.2, 0.25) is 0 Å². The Bertz CT molecular complexity index is 1220. The van der Waals surface area contributed by atoms with Gasteiger partial charge < -0.3 is 21.0 Å². The van der Waals surface area contributed by atoms with Gasteiger partial charge in [0.2, 0.25) is 0 Å². The summed E-state index contributed by atoms with van der Waals surface area (Å²) in [4.78, 5) is 16.5. The Morgan fingerprint density at radius 1 is 1.19 bits per heavy atom. The Morgan fingerprint density at radius 3 is 2.62 bits per heavy atom. The highest BCUT2D eigenvalue weighted by Gasteiger charge is 2.26. The van der Waals surface area contributed by atoms with Gasteiger partial charge in [-0.3, -0.25) is 4.79 Å². The van der Waals surface area contributed by atoms with Crippen molar-refractivity contribution < 1.29 is 9.90 Å². The summed E-state index contributed by atoms with van der Waals surface area (Å²) in [5.41, 5.74) is 17.3. The molecule has 8 heteroatoms. The summed E-state index contributed by atoms with van der Waals surface area (Å²) in [6.07, 6.45) is 3.20. The Hall–Kier alpha value is -3.55. The summed E-state index contributed by atoms with van der Waals surface area (Å²) >= 11 is 0. The zero-order valence-electron chi connectivity index (χ0n) is 14.6. The second-order valence-electron chi connectivity index (χ2n) is 6.39. The monoisotopic (exact) mass is 350 g/mol. The molecule has 132 valence electrons. The lowest BCUT2D eigenvalue weighted by Crippen LogP contribution is -2.16. The van der Waals surface area contributed by atoms with E-state index in [1.54, 1.807) is 34.2 Å². The molecule has 0 bridgehead atoms. The molecule has 1 aromatic carbocycles. The Labute approximate surface area is 148 Å². The maximum absolute atomic E-state index is 12.1. The van der Waals surface area contributed by atoms with Crippen molar-refractivity contribution in [1.82, 2.24) is 19.0 Å². The van der Waals surface area contributed by atoms with Crippen molar-refractivity contribution in [2.24, 2.45) is 5.73 Å². The smallest absolute Gasteiger partial charge is 0.267 e. The van der Waals surface area contributed by atoms with Crippen LogP contribution >= 0.6 is 0 Å². The first-order chi connectivity index (χ1) is 12.3. The number of fused-ring (bicyclic) bond motifs is 3. The largest absolute Gasteiger partial charge is 0.508 e. The third-order valence-electron chi connectivity index (χ3n) is 4.78. The van der Waals surface area contributed by atoms with Crippen LogP contribution in [0, 0.1) is 20.8 Å². The molecule has 0 radical (unpaired) electrons. The summed E-state index contributed by atoms with van der Waals surface area (Å²) < 4.78 is 3.34. The van der Waals surface area contributed by atoms with Crippen LogP contribution in [0.1, 0.15) is 27.3 Å². The first-order valence-electron chi connectivity index (χ1n) is 8.05. The van der Waals surface area contributed by atoms with Gasteiger partial charge in [0.05, 0.1) is 11.4 Å². The summed E-state index contributed by atoms with van der Waals surface area (Å²) in [7, 11) is 0. The number of nitrogen functional groups attached to an aromatic ring is 1. The highest BCUT2D eigenvalue weighted by atomic mass is 16.3. The molecule has 26 heavy (non-hydrogen) atoms. The molecule has 8 nitrogen and oxygen atoms in total. The van der Waals surface area contributed by atoms with E-state index in [4.69, 9.17) is 11.5 Å². The van der Waals surface area contributed by atoms with Crippen molar-refractivity contribution in [3.63, 3.8) is 0 Å². The lowest BCUT2D eigenvalue weighted by molar-refractivity contribution is 0.0995. The van der Waals surface area contributed by atoms with E-state index in [0.717, 1.165) is 16.8 Å². The number of phenolic OH excluding ortho intramolecular Hbond substituents is 1. The van der Waals surface area contributed by atoms with Crippen LogP contribution in [0.3, 0.4) is 0 Å². The number of hydrogen-bond donors (Lipinski definition) is 3. The number of aromatic nitrogens is 4. The quantitative estimate of drug-likeness (QED) is 0.510. The van der Waals surface area contributed by atoms with Crippen LogP contribution in [0.5, 0.6) is 5.75 Å². The van der Waals surface area contributed by atoms with Crippen LogP contribution in [0.25, 0.3) is 22.3 Å². The normalized spacial score (nSPS) is 11.5. The molecule has 0 fully saturated rings. The van der Waals surface area contributed by atoms with E-state index in [-0.39, 0.29) is 17.1 Å². The van der Waals surface area contributed by atoms with Gasteiger partial charge in [-0.05, 0) is 43.5 Å². The molecule has 3 aromatic heterocycles. The van der Waals surface area contributed by atoms with Gasteiger partial charge in [-0.1, -0.05) is 6.07 Å². The fraction of sp³-hybridized carbons (Fsp3) is 0.167. The fourth-order valence-electron chi connectivity index (χ4n) is 3.58. The summed E-state index contributed by atoms with van der Waals surface area (Å²) in [6.45, 7) is 5.58. The molecule has 4 aromatic rings. The van der Waals surface area contributed by atoms with Gasteiger partial charge in [0.25, 0.3) is 5.91 Å². The van der Waals surface area contributed by atoms with Gasteiger partial charge in [-0.15, -0.1) is 0 Å². The van der Waals surface area contributed by atoms with Gasteiger partial charge >= 0.3 is 0 Å². The minimum Gasteiger partial charge on any atom is -0.508 e. The van der Waals surface area contributed by atoms with Crippen molar-refractivity contribution in [3.8, 4) is 16.9 Å². The molecule has 0 atom stereocenters. The number of carbonyl (C=O) groups excluding carboxylic acids is 1. The SMILES string of the molecule is Cc1ccc(O)c(C)c1-c1c(N)c(C(N)=O)n2cc(C)n3ncnc3c12. The number of primary amides is 1. The van der Waals surface area contributed by atoms with Crippen molar-refractivity contribution in [1.29, 1.82) is 0 Å². The van der Waals surface area contributed by atoms with Crippen LogP contribution < -0.4 is 11.5 Å². The number of amides is 1. The number of aromatic hydroxyl groups is 1. The molecule has 3 heterocycles. The summed E-state index contributed by atoms with van der Waals surface area (Å²) in [5, 5.41) is 14.4. The van der Waals surface area contributed by atoms with Gasteiger partial charge in [0.15, 0.2) is 5.65 Å². The highest BCUT2D eigenvalue weighted by molar-refractivity contribution is 6.09. The maximum atomic E-state index is 12.1. The molecule has 4 rings (SSSR count). The predicted octanol–water partition coefficient (Wildman–Crippen LogP) is 1.96. The van der Waals surface area contributed by atoms with E-state index >= 15 is 0 Å². The molecule has 0 unspecified atom stereocenters. The second kappa shape index (κ2) is 5.22. The van der Waals surface area contributed by atoms with Gasteiger partial charge in [-0.25, -0.2) is 9.50 Å². The molecule has 1 amide bonds. The number of phenols is 1. The number of nitrogens with two attached hydrogens (primary N) is 2. The van der Waals surface area contributed by atoms with Crippen molar-refractivity contribution >= 4 is 22.8 Å². The number of nitrogens with zero attached hydrogens (tertiary/aromatic N) is 4. The molecule has 0 aliphatic rings. The van der Waals surface area contributed by atoms with E-state index in [0.29, 0.717) is 22.3 Å². The van der Waals surface area contributed by atoms with Crippen LogP contribution in [0.4, 0.5) is 5.69 Å². The average Bonchev–Trinajstić information content (AvgIpc) is 3.15. The number of benzene rings is 1. The summed E-state index contributed by atoms with van der Waals surface area (Å²) in [6, 6.07) is 3.44. The lowest BCUT2D eigenvalue weighted by Gasteiger charge is -2.12. The van der Waals surface area contributed by atoms with Gasteiger partial charge in [0.1, 0.15) is 23.3 Å². The van der Waals surface area contributed by atoms with E-state index in [2.05, 4.69) is 10.1 Å². The maximum Gasteiger partial charge on any atom is 0.267 e. The molecule has 0 saturated heterocycles. The molecular formula is C18H18N6O2. The zero-order valence-corrected chi connectivity index (χ0v) is 14.6. The van der Waals surface area contributed by atoms with Crippen LogP contribution in [0.15, 0.2) is 24.7 Å². The standard InChI is InChI=1S/C18H18N6O2/c1-8-4-5-11(25)10(3)12(8)13-14(19)16(17(20)26)23-6-9(2)24-18(15(13)23)21-7-22-24/h4-7,25H,19H2,1-3H3,(H2,20,26). The van der Waals surface area contributed by atoms with Crippen LogP contribution in [-0.4, -0.2) is 30.0 Å². The Morgan fingerprint density at radius 2 is 1.92 bits per heavy atom. The average molecular weight is 350 g/mol. The Kier molecular flexibility index (Phi) is 3.20. The van der Waals surface area contributed by atoms with E-state index < -0.39 is 5.91 Å². The Balaban J connectivity index is 2.31. The van der Waals surface area contributed by atoms with Gasteiger partial charge in [-0.2, -0.15) is 5.10 Å². The number of hydrogen-bond acceptors (Lipinski definition) is 5. The zero-order chi connectivity index (χ0) is 18.7. The minimum absolute atomic E-state index is 0.148. The predicted molar refractivity (Wildman–Crippen MR) is 98.2 cm³/mol. The third kappa shape index (κ3) is 1.92. The summed E-state index contributed by atoms with van der Waals surface area (Å²) in [5.74, 6) is -0.489. The molecule has 0 aliphatic heterocycles. The van der Waals surface area contributed by atoms with Crippen molar-refractivity contribution in [2.45, 2.75) is 20.8 Å². The highest BCUT2D eigenvalue weighted by Crippen LogP contribution is 2.42. The number of carbonyl (C=O) groups is 1. The molecule has 0 saturated carbocycles. The fourth-order valence-corrected chi connectivity index (χ4v) is 3.58. The van der Waals surface area contributed by atoms with E-state index in [1.165, 1.54) is 6.33 Å². The molecule has 5 N–H and O–H groups in total. The van der Waals surface area contributed by atoms with Crippen molar-refractivity contribution in [3.05, 3.63) is 47.2 Å². The number of aryl methyl sites for hydroxylation is 2. The first kappa shape index (κ1) is 15.9. The topological polar surface area (TPSA) is 124 Å². The van der Waals surface area contributed by atoms with Gasteiger partial charge in [0, 0.05) is 11.8 Å². The second-order valence-corrected chi connectivity index (χ2v) is 6.39. The molecule has 0 aliphatic carbocycles. The third-order valence-corrected chi connectivity index (χ3v) is 4.78. The van der Waals surface area contributed by atoms with E-state index in [9.17, 15) is 9.90 Å². The molecule has 0 spiro atoms. The molecular weight excluding hydrogens is 332 g/mol. The minimum atomic E-state index is -0.637. The number of rotatable bonds is 2.